The van der Waals surface area contributed by atoms with Gasteiger partial charge in [-0.3, -0.25) is 9.48 Å². The van der Waals surface area contributed by atoms with E-state index in [1.165, 1.54) is 11.9 Å². The van der Waals surface area contributed by atoms with Gasteiger partial charge in [0, 0.05) is 19.5 Å². The van der Waals surface area contributed by atoms with E-state index in [4.69, 9.17) is 0 Å². The molecule has 1 aliphatic heterocycles. The van der Waals surface area contributed by atoms with Gasteiger partial charge in [0.25, 0.3) is 0 Å². The minimum atomic E-state index is 0.0555. The maximum absolute atomic E-state index is 11.6. The quantitative estimate of drug-likeness (QED) is 0.688. The van der Waals surface area contributed by atoms with Crippen molar-refractivity contribution in [1.82, 2.24) is 25.4 Å². The molecule has 6 nitrogen and oxygen atoms in total. The lowest BCUT2D eigenvalue weighted by molar-refractivity contribution is -0.121. The van der Waals surface area contributed by atoms with Crippen molar-refractivity contribution in [3.8, 4) is 0 Å². The molecule has 2 rings (SSSR count). The predicted octanol–water partition coefficient (Wildman–Crippen LogP) is -0.296. The van der Waals surface area contributed by atoms with Gasteiger partial charge in [0.2, 0.25) is 5.91 Å². The summed E-state index contributed by atoms with van der Waals surface area (Å²) in [4.78, 5) is 15.4. The molecule has 1 aliphatic rings. The number of carbonyl (C=O) groups is 1. The van der Waals surface area contributed by atoms with Gasteiger partial charge in [0.1, 0.15) is 12.7 Å². The maximum Gasteiger partial charge on any atom is 0.222 e. The van der Waals surface area contributed by atoms with E-state index in [0.717, 1.165) is 19.5 Å². The minimum absolute atomic E-state index is 0.0555. The van der Waals surface area contributed by atoms with Gasteiger partial charge < -0.3 is 10.6 Å². The van der Waals surface area contributed by atoms with E-state index in [0.29, 0.717) is 19.5 Å². The highest BCUT2D eigenvalue weighted by Gasteiger charge is 2.05. The van der Waals surface area contributed by atoms with Crippen LogP contribution >= 0.6 is 0 Å². The predicted molar refractivity (Wildman–Crippen MR) is 63.2 cm³/mol. The van der Waals surface area contributed by atoms with E-state index < -0.39 is 0 Å². The zero-order valence-corrected chi connectivity index (χ0v) is 9.72. The lowest BCUT2D eigenvalue weighted by Crippen LogP contribution is -2.30. The van der Waals surface area contributed by atoms with Crippen LogP contribution in [0.25, 0.3) is 0 Å². The van der Waals surface area contributed by atoms with Gasteiger partial charge in [-0.15, -0.1) is 0 Å². The highest BCUT2D eigenvalue weighted by molar-refractivity contribution is 5.76. The number of carbonyl (C=O) groups excluding carboxylic acids is 1. The summed E-state index contributed by atoms with van der Waals surface area (Å²) >= 11 is 0. The molecule has 1 amide bonds. The Morgan fingerprint density at radius 3 is 3.24 bits per heavy atom. The summed E-state index contributed by atoms with van der Waals surface area (Å²) < 4.78 is 1.66. The van der Waals surface area contributed by atoms with Crippen LogP contribution in [0.5, 0.6) is 0 Å². The Balaban J connectivity index is 1.65. The van der Waals surface area contributed by atoms with E-state index in [1.807, 2.05) is 0 Å². The molecule has 1 aromatic heterocycles. The molecule has 0 bridgehead atoms. The van der Waals surface area contributed by atoms with Gasteiger partial charge in [-0.2, -0.15) is 5.10 Å². The van der Waals surface area contributed by atoms with Crippen molar-refractivity contribution >= 4 is 5.91 Å². The monoisotopic (exact) mass is 235 g/mol. The van der Waals surface area contributed by atoms with Crippen molar-refractivity contribution < 1.29 is 4.79 Å². The van der Waals surface area contributed by atoms with E-state index in [-0.39, 0.29) is 5.91 Å². The Labute approximate surface area is 100 Å². The number of aromatic nitrogens is 3. The van der Waals surface area contributed by atoms with Crippen molar-refractivity contribution in [2.24, 2.45) is 0 Å². The first-order chi connectivity index (χ1) is 8.34. The summed E-state index contributed by atoms with van der Waals surface area (Å²) in [6, 6.07) is 0. The number of hydrogen-bond acceptors (Lipinski definition) is 4. The molecule has 2 heterocycles. The van der Waals surface area contributed by atoms with Crippen LogP contribution in [0, 0.1) is 0 Å². The number of amides is 1. The third kappa shape index (κ3) is 3.99. The Morgan fingerprint density at radius 2 is 2.53 bits per heavy atom. The van der Waals surface area contributed by atoms with Crippen LogP contribution < -0.4 is 10.6 Å². The van der Waals surface area contributed by atoms with Crippen LogP contribution in [0.3, 0.4) is 0 Å². The SMILES string of the molecule is O=C(CCn1cncn1)NCC1=CCNCC1. The van der Waals surface area contributed by atoms with E-state index in [2.05, 4.69) is 26.8 Å². The largest absolute Gasteiger partial charge is 0.352 e. The molecule has 0 unspecified atom stereocenters. The normalized spacial score (nSPS) is 15.4. The fourth-order valence-corrected chi connectivity index (χ4v) is 1.69. The van der Waals surface area contributed by atoms with E-state index >= 15 is 0 Å². The van der Waals surface area contributed by atoms with Crippen molar-refractivity contribution in [3.05, 3.63) is 24.3 Å². The molecule has 6 heteroatoms. The molecule has 2 N–H and O–H groups in total. The first-order valence-corrected chi connectivity index (χ1v) is 5.82. The van der Waals surface area contributed by atoms with E-state index in [1.54, 1.807) is 11.0 Å². The number of hydrogen-bond donors (Lipinski definition) is 2. The summed E-state index contributed by atoms with van der Waals surface area (Å²) in [6.07, 6.45) is 6.68. The molecule has 0 saturated carbocycles. The lowest BCUT2D eigenvalue weighted by atomic mass is 10.1. The fourth-order valence-electron chi connectivity index (χ4n) is 1.69. The summed E-state index contributed by atoms with van der Waals surface area (Å²) in [7, 11) is 0. The Morgan fingerprint density at radius 1 is 1.59 bits per heavy atom. The van der Waals surface area contributed by atoms with Gasteiger partial charge in [-0.25, -0.2) is 4.98 Å². The first-order valence-electron chi connectivity index (χ1n) is 5.82. The zero-order chi connectivity index (χ0) is 11.9. The summed E-state index contributed by atoms with van der Waals surface area (Å²) in [5, 5.41) is 10.1. The molecular formula is C11H17N5O. The Bertz CT molecular complexity index is 385. The molecule has 92 valence electrons. The second-order valence-electron chi connectivity index (χ2n) is 4.00. The van der Waals surface area contributed by atoms with Crippen molar-refractivity contribution in [2.45, 2.75) is 19.4 Å². The molecule has 0 atom stereocenters. The zero-order valence-electron chi connectivity index (χ0n) is 9.72. The average molecular weight is 235 g/mol. The highest BCUT2D eigenvalue weighted by Crippen LogP contribution is 2.02. The summed E-state index contributed by atoms with van der Waals surface area (Å²) in [5.74, 6) is 0.0555. The molecule has 0 aliphatic carbocycles. The molecule has 1 aromatic rings. The number of rotatable bonds is 5. The summed E-state index contributed by atoms with van der Waals surface area (Å²) in [5.41, 5.74) is 1.30. The van der Waals surface area contributed by atoms with Gasteiger partial charge in [-0.05, 0) is 13.0 Å². The molecular weight excluding hydrogens is 218 g/mol. The van der Waals surface area contributed by atoms with Gasteiger partial charge in [-0.1, -0.05) is 11.6 Å². The topological polar surface area (TPSA) is 71.8 Å². The smallest absolute Gasteiger partial charge is 0.222 e. The van der Waals surface area contributed by atoms with Crippen molar-refractivity contribution in [3.63, 3.8) is 0 Å². The van der Waals surface area contributed by atoms with Crippen LogP contribution in [0.4, 0.5) is 0 Å². The van der Waals surface area contributed by atoms with Gasteiger partial charge in [0.15, 0.2) is 0 Å². The molecule has 0 radical (unpaired) electrons. The Hall–Kier alpha value is -1.69. The number of nitrogens with zero attached hydrogens (tertiary/aromatic N) is 3. The second kappa shape index (κ2) is 6.15. The molecule has 0 spiro atoms. The van der Waals surface area contributed by atoms with Crippen LogP contribution in [-0.2, 0) is 11.3 Å². The molecule has 17 heavy (non-hydrogen) atoms. The van der Waals surface area contributed by atoms with E-state index in [9.17, 15) is 4.79 Å². The van der Waals surface area contributed by atoms with Crippen LogP contribution in [0.1, 0.15) is 12.8 Å². The first kappa shape index (κ1) is 11.8. The second-order valence-corrected chi connectivity index (χ2v) is 4.00. The molecule has 0 aromatic carbocycles. The van der Waals surface area contributed by atoms with Crippen LogP contribution in [0.15, 0.2) is 24.3 Å². The number of nitrogens with one attached hydrogen (secondary N) is 2. The third-order valence-electron chi connectivity index (χ3n) is 2.71. The van der Waals surface area contributed by atoms with Crippen molar-refractivity contribution in [1.29, 1.82) is 0 Å². The summed E-state index contributed by atoms with van der Waals surface area (Å²) in [6.45, 7) is 3.15. The average Bonchev–Trinajstić information content (AvgIpc) is 2.88. The number of aryl methyl sites for hydroxylation is 1. The maximum atomic E-state index is 11.6. The molecule has 0 fully saturated rings. The van der Waals surface area contributed by atoms with Crippen LogP contribution in [0.2, 0.25) is 0 Å². The third-order valence-corrected chi connectivity index (χ3v) is 2.71. The Kier molecular flexibility index (Phi) is 4.26. The minimum Gasteiger partial charge on any atom is -0.352 e. The standard InChI is InChI=1S/C11H17N5O/c17-11(3-6-16-9-13-8-15-16)14-7-10-1-4-12-5-2-10/h1,8-9,12H,2-7H2,(H,14,17). The highest BCUT2D eigenvalue weighted by atomic mass is 16.1. The van der Waals surface area contributed by atoms with Crippen molar-refractivity contribution in [2.75, 3.05) is 19.6 Å². The molecule has 0 saturated heterocycles. The van der Waals surface area contributed by atoms with Crippen LogP contribution in [-0.4, -0.2) is 40.3 Å². The lowest BCUT2D eigenvalue weighted by Gasteiger charge is -2.14. The van der Waals surface area contributed by atoms with Gasteiger partial charge in [0.05, 0.1) is 6.54 Å². The fraction of sp³-hybridized carbons (Fsp3) is 0.545. The van der Waals surface area contributed by atoms with Gasteiger partial charge >= 0.3 is 0 Å².